The highest BCUT2D eigenvalue weighted by molar-refractivity contribution is 6.05. The number of halogens is 1. The van der Waals surface area contributed by atoms with Crippen molar-refractivity contribution in [2.24, 2.45) is 0 Å². The van der Waals surface area contributed by atoms with E-state index in [-0.39, 0.29) is 12.3 Å². The predicted octanol–water partition coefficient (Wildman–Crippen LogP) is 2.73. The van der Waals surface area contributed by atoms with E-state index >= 15 is 0 Å². The molecule has 2 N–H and O–H groups in total. The van der Waals surface area contributed by atoms with E-state index in [1.54, 1.807) is 37.3 Å². The molecule has 0 aromatic heterocycles. The van der Waals surface area contributed by atoms with Gasteiger partial charge in [-0.25, -0.2) is 4.39 Å². The highest BCUT2D eigenvalue weighted by Crippen LogP contribution is 2.17. The maximum Gasteiger partial charge on any atom is 0.256 e. The molecule has 0 bridgehead atoms. The molecule has 21 heavy (non-hydrogen) atoms. The van der Waals surface area contributed by atoms with E-state index in [2.05, 4.69) is 17.2 Å². The third-order valence-corrected chi connectivity index (χ3v) is 3.00. The Morgan fingerprint density at radius 1 is 1.24 bits per heavy atom. The van der Waals surface area contributed by atoms with Gasteiger partial charge in [-0.05, 0) is 36.8 Å². The second-order valence-electron chi connectivity index (χ2n) is 4.37. The first-order chi connectivity index (χ1) is 10.1. The van der Waals surface area contributed by atoms with Gasteiger partial charge < -0.3 is 10.4 Å². The Balaban J connectivity index is 2.30. The SMILES string of the molecule is Cc1c(C#CCO)cccc1C(=O)Nc1ccccc1F. The molecule has 0 radical (unpaired) electrons. The fraction of sp³-hybridized carbons (Fsp3) is 0.118. The van der Waals surface area contributed by atoms with Crippen molar-refractivity contribution in [1.82, 2.24) is 0 Å². The van der Waals surface area contributed by atoms with Gasteiger partial charge in [-0.1, -0.05) is 30.0 Å². The zero-order valence-electron chi connectivity index (χ0n) is 11.5. The van der Waals surface area contributed by atoms with E-state index in [0.29, 0.717) is 16.7 Å². The minimum Gasteiger partial charge on any atom is -0.384 e. The van der Waals surface area contributed by atoms with Crippen LogP contribution in [0.25, 0.3) is 0 Å². The van der Waals surface area contributed by atoms with Crippen LogP contribution in [0.3, 0.4) is 0 Å². The van der Waals surface area contributed by atoms with E-state index in [1.165, 1.54) is 12.1 Å². The van der Waals surface area contributed by atoms with Crippen LogP contribution >= 0.6 is 0 Å². The number of aliphatic hydroxyl groups is 1. The summed E-state index contributed by atoms with van der Waals surface area (Å²) < 4.78 is 13.5. The molecule has 0 aliphatic heterocycles. The number of carbonyl (C=O) groups excluding carboxylic acids is 1. The second-order valence-corrected chi connectivity index (χ2v) is 4.37. The van der Waals surface area contributed by atoms with Gasteiger partial charge in [0.15, 0.2) is 0 Å². The third kappa shape index (κ3) is 3.47. The van der Waals surface area contributed by atoms with Crippen LogP contribution in [0.5, 0.6) is 0 Å². The van der Waals surface area contributed by atoms with E-state index in [1.807, 2.05) is 0 Å². The van der Waals surface area contributed by atoms with Crippen LogP contribution in [0.1, 0.15) is 21.5 Å². The standard InChI is InChI=1S/C17H14FNO2/c1-12-13(7-5-11-20)6-4-8-14(12)17(21)19-16-10-3-2-9-15(16)18/h2-4,6,8-10,20H,11H2,1H3,(H,19,21). The molecule has 0 aliphatic rings. The lowest BCUT2D eigenvalue weighted by molar-refractivity contribution is 0.102. The Labute approximate surface area is 122 Å². The fourth-order valence-electron chi connectivity index (χ4n) is 1.90. The van der Waals surface area contributed by atoms with Crippen molar-refractivity contribution < 1.29 is 14.3 Å². The summed E-state index contributed by atoms with van der Waals surface area (Å²) in [6, 6.07) is 11.1. The molecule has 0 aliphatic carbocycles. The number of benzene rings is 2. The lowest BCUT2D eigenvalue weighted by Gasteiger charge is -2.09. The molecular formula is C17H14FNO2. The lowest BCUT2D eigenvalue weighted by atomic mass is 10.0. The molecule has 4 heteroatoms. The summed E-state index contributed by atoms with van der Waals surface area (Å²) >= 11 is 0. The average Bonchev–Trinajstić information content (AvgIpc) is 2.48. The molecule has 2 aromatic rings. The summed E-state index contributed by atoms with van der Waals surface area (Å²) in [5, 5.41) is 11.3. The Bertz CT molecular complexity index is 729. The average molecular weight is 283 g/mol. The largest absolute Gasteiger partial charge is 0.384 e. The highest BCUT2D eigenvalue weighted by atomic mass is 19.1. The van der Waals surface area contributed by atoms with Crippen molar-refractivity contribution in [3.63, 3.8) is 0 Å². The minimum absolute atomic E-state index is 0.133. The van der Waals surface area contributed by atoms with E-state index < -0.39 is 11.7 Å². The van der Waals surface area contributed by atoms with E-state index in [4.69, 9.17) is 5.11 Å². The fourth-order valence-corrected chi connectivity index (χ4v) is 1.90. The van der Waals surface area contributed by atoms with Gasteiger partial charge in [0.2, 0.25) is 0 Å². The molecule has 3 nitrogen and oxygen atoms in total. The summed E-state index contributed by atoms with van der Waals surface area (Å²) in [6.07, 6.45) is 0. The molecule has 0 fully saturated rings. The van der Waals surface area contributed by atoms with Crippen LogP contribution in [-0.2, 0) is 0 Å². The Hall–Kier alpha value is -2.64. The summed E-state index contributed by atoms with van der Waals surface area (Å²) in [4.78, 5) is 12.2. The molecule has 0 heterocycles. The first-order valence-electron chi connectivity index (χ1n) is 6.38. The zero-order valence-corrected chi connectivity index (χ0v) is 11.5. The minimum atomic E-state index is -0.486. The number of hydrogen-bond donors (Lipinski definition) is 2. The summed E-state index contributed by atoms with van der Waals surface area (Å²) in [7, 11) is 0. The van der Waals surface area contributed by atoms with Gasteiger partial charge in [0.1, 0.15) is 12.4 Å². The molecule has 0 saturated carbocycles. The van der Waals surface area contributed by atoms with Crippen LogP contribution in [0.4, 0.5) is 10.1 Å². The molecule has 0 saturated heterocycles. The number of nitrogens with one attached hydrogen (secondary N) is 1. The number of hydrogen-bond acceptors (Lipinski definition) is 2. The van der Waals surface area contributed by atoms with Crippen molar-refractivity contribution in [1.29, 1.82) is 0 Å². The number of aliphatic hydroxyl groups excluding tert-OH is 1. The monoisotopic (exact) mass is 283 g/mol. The predicted molar refractivity (Wildman–Crippen MR) is 79.5 cm³/mol. The lowest BCUT2D eigenvalue weighted by Crippen LogP contribution is -2.14. The van der Waals surface area contributed by atoms with E-state index in [0.717, 1.165) is 0 Å². The summed E-state index contributed by atoms with van der Waals surface area (Å²) in [6.45, 7) is 1.52. The van der Waals surface area contributed by atoms with Gasteiger partial charge in [-0.3, -0.25) is 4.79 Å². The normalized spacial score (nSPS) is 9.67. The molecule has 1 amide bonds. The Kier molecular flexibility index (Phi) is 4.70. The molecule has 0 atom stereocenters. The second kappa shape index (κ2) is 6.69. The first kappa shape index (κ1) is 14.8. The molecule has 2 rings (SSSR count). The number of rotatable bonds is 2. The molecule has 2 aromatic carbocycles. The van der Waals surface area contributed by atoms with Gasteiger partial charge in [-0.2, -0.15) is 0 Å². The number of amides is 1. The number of carbonyl (C=O) groups is 1. The van der Waals surface area contributed by atoms with Crippen LogP contribution in [0.15, 0.2) is 42.5 Å². The topological polar surface area (TPSA) is 49.3 Å². The van der Waals surface area contributed by atoms with Crippen LogP contribution in [0.2, 0.25) is 0 Å². The van der Waals surface area contributed by atoms with Crippen LogP contribution in [0, 0.1) is 24.6 Å². The third-order valence-electron chi connectivity index (χ3n) is 3.00. The molecule has 0 unspecified atom stereocenters. The van der Waals surface area contributed by atoms with Crippen LogP contribution in [-0.4, -0.2) is 17.6 Å². The van der Waals surface area contributed by atoms with Gasteiger partial charge in [-0.15, -0.1) is 0 Å². The first-order valence-corrected chi connectivity index (χ1v) is 6.38. The Morgan fingerprint density at radius 3 is 2.71 bits per heavy atom. The number of para-hydroxylation sites is 1. The summed E-state index contributed by atoms with van der Waals surface area (Å²) in [5.41, 5.74) is 1.90. The molecular weight excluding hydrogens is 269 g/mol. The highest BCUT2D eigenvalue weighted by Gasteiger charge is 2.12. The Morgan fingerprint density at radius 2 is 2.00 bits per heavy atom. The smallest absolute Gasteiger partial charge is 0.256 e. The van der Waals surface area contributed by atoms with Crippen LogP contribution < -0.4 is 5.32 Å². The van der Waals surface area contributed by atoms with Crippen molar-refractivity contribution in [2.75, 3.05) is 11.9 Å². The summed E-state index contributed by atoms with van der Waals surface area (Å²) in [5.74, 6) is 4.44. The quantitative estimate of drug-likeness (QED) is 0.833. The zero-order chi connectivity index (χ0) is 15.2. The number of anilines is 1. The maximum atomic E-state index is 13.5. The van der Waals surface area contributed by atoms with Gasteiger partial charge in [0.25, 0.3) is 5.91 Å². The van der Waals surface area contributed by atoms with Gasteiger partial charge >= 0.3 is 0 Å². The van der Waals surface area contributed by atoms with Crippen molar-refractivity contribution in [2.45, 2.75) is 6.92 Å². The van der Waals surface area contributed by atoms with E-state index in [9.17, 15) is 9.18 Å². The maximum absolute atomic E-state index is 13.5. The van der Waals surface area contributed by atoms with Crippen molar-refractivity contribution in [3.8, 4) is 11.8 Å². The molecule has 106 valence electrons. The van der Waals surface area contributed by atoms with Gasteiger partial charge in [0, 0.05) is 11.1 Å². The molecule has 0 spiro atoms. The van der Waals surface area contributed by atoms with Crippen molar-refractivity contribution >= 4 is 11.6 Å². The van der Waals surface area contributed by atoms with Crippen molar-refractivity contribution in [3.05, 3.63) is 65.0 Å². The van der Waals surface area contributed by atoms with Gasteiger partial charge in [0.05, 0.1) is 5.69 Å².